The highest BCUT2D eigenvalue weighted by molar-refractivity contribution is 9.47. The Morgan fingerprint density at radius 1 is 1.43 bits per heavy atom. The van der Waals surface area contributed by atoms with E-state index in [4.69, 9.17) is 6.58 Å². The molecule has 0 aliphatic carbocycles. The zero-order chi connectivity index (χ0) is 6.28. The topological polar surface area (TPSA) is 0 Å². The summed E-state index contributed by atoms with van der Waals surface area (Å²) in [6, 6.07) is 0. The van der Waals surface area contributed by atoms with Crippen LogP contribution < -0.4 is 0 Å². The average molecular weight is 239 g/mol. The minimum absolute atomic E-state index is 0.0417. The maximum absolute atomic E-state index is 5.03. The van der Waals surface area contributed by atoms with E-state index in [0.29, 0.717) is 0 Å². The highest BCUT2D eigenvalue weighted by Crippen LogP contribution is 1.77. The second-order valence-corrected chi connectivity index (χ2v) is 9.26. The summed E-state index contributed by atoms with van der Waals surface area (Å²) in [5, 5.41) is 0. The van der Waals surface area contributed by atoms with Crippen molar-refractivity contribution < 1.29 is 0 Å². The summed E-state index contributed by atoms with van der Waals surface area (Å²) in [4.78, 5) is 0. The molecule has 0 saturated heterocycles. The van der Waals surface area contributed by atoms with Gasteiger partial charge in [-0.15, -0.1) is 0 Å². The molecule has 0 heterocycles. The average Bonchev–Trinajstić information content (AvgIpc) is 1.33. The van der Waals surface area contributed by atoms with E-state index < -0.39 is 0 Å². The van der Waals surface area contributed by atoms with Crippen LogP contribution in [0.4, 0.5) is 0 Å². The van der Waals surface area contributed by atoms with Gasteiger partial charge < -0.3 is 0 Å². The van der Waals surface area contributed by atoms with Crippen LogP contribution in [0.25, 0.3) is 0 Å². The first kappa shape index (κ1) is 11.3. The Bertz CT molecular complexity index is 41.0. The smallest absolute Gasteiger partial charge is 0.280 e. The Morgan fingerprint density at radius 3 is 1.43 bits per heavy atom. The molecule has 39 valence electrons. The summed E-state index contributed by atoms with van der Waals surface area (Å²) in [7, 11) is 0. The van der Waals surface area contributed by atoms with Crippen LogP contribution >= 0.6 is 25.8 Å². The zero-order valence-electron chi connectivity index (χ0n) is 4.54. The van der Waals surface area contributed by atoms with Gasteiger partial charge in [0, 0.05) is 0 Å². The number of hydrogen-bond acceptors (Lipinski definition) is 0. The maximum Gasteiger partial charge on any atom is 0.560 e. The molecule has 0 amide bonds. The van der Waals surface area contributed by atoms with Crippen LogP contribution in [0.2, 0.25) is 0 Å². The van der Waals surface area contributed by atoms with Crippen LogP contribution in [0.1, 0.15) is 13.8 Å². The zero-order valence-corrected chi connectivity index (χ0v) is 9.13. The Labute approximate surface area is 67.2 Å². The minimum atomic E-state index is 0.0417. The molecule has 0 aromatic rings. The lowest BCUT2D eigenvalue weighted by Crippen LogP contribution is -1.44. The van der Waals surface area contributed by atoms with Crippen molar-refractivity contribution in [1.29, 1.82) is 0 Å². The quantitative estimate of drug-likeness (QED) is 0.570. The molecule has 0 fully saturated rings. The normalized spacial score (nSPS) is 5.14. The summed E-state index contributed by atoms with van der Waals surface area (Å²) < 4.78 is 0. The van der Waals surface area contributed by atoms with E-state index in [9.17, 15) is 0 Å². The summed E-state index contributed by atoms with van der Waals surface area (Å²) in [5.41, 5.74) is 0.917. The van der Waals surface area contributed by atoms with Gasteiger partial charge >= 0.3 is 16.0 Å². The largest absolute Gasteiger partial charge is 0.560 e. The molecule has 7 heavy (non-hydrogen) atoms. The van der Waals surface area contributed by atoms with Crippen LogP contribution in [0, 0.1) is 6.58 Å². The van der Waals surface area contributed by atoms with Crippen LogP contribution in [0.3, 0.4) is 0 Å². The fourth-order valence-electron chi connectivity index (χ4n) is 0. The summed E-state index contributed by atoms with van der Waals surface area (Å²) in [6.07, 6.45) is 0. The van der Waals surface area contributed by atoms with Crippen molar-refractivity contribution >= 4 is 41.8 Å². The van der Waals surface area contributed by atoms with Crippen molar-refractivity contribution in [2.24, 2.45) is 0 Å². The standard InChI is InChI=1S/C4H7.2BrH.Mg/c1-4(2)3;;;/h1H,2-3H3;2*1H;/q;;;+2/p-2. The molecule has 0 N–H and O–H groups in total. The van der Waals surface area contributed by atoms with E-state index >= 15 is 0 Å². The third-order valence-electron chi connectivity index (χ3n) is 0. The molecular weight excluding hydrogens is 232 g/mol. The highest BCUT2D eigenvalue weighted by atomic mass is 79.9. The third kappa shape index (κ3) is 104. The van der Waals surface area contributed by atoms with Gasteiger partial charge in [-0.3, -0.25) is 25.8 Å². The predicted molar refractivity (Wildman–Crippen MR) is 42.8 cm³/mol. The molecular formula is C4H7Br2Mg. The number of rotatable bonds is 0. The van der Waals surface area contributed by atoms with Gasteiger partial charge in [0.15, 0.2) is 0 Å². The van der Waals surface area contributed by atoms with Gasteiger partial charge in [0.1, 0.15) is 0 Å². The SMILES string of the molecule is [Br][Mg][Br].[CH]=C(C)C. The van der Waals surface area contributed by atoms with Crippen LogP contribution in [0.5, 0.6) is 0 Å². The maximum atomic E-state index is 5.03. The number of halogens is 2. The molecule has 0 aromatic carbocycles. The first-order chi connectivity index (χ1) is 3.15. The molecule has 0 aromatic heterocycles. The van der Waals surface area contributed by atoms with E-state index in [0.717, 1.165) is 5.57 Å². The first-order valence-corrected chi connectivity index (χ1v) is 9.62. The predicted octanol–water partition coefficient (Wildman–Crippen LogP) is 2.70. The van der Waals surface area contributed by atoms with E-state index in [-0.39, 0.29) is 16.0 Å². The molecule has 1 radical (unpaired) electrons. The molecule has 0 saturated carbocycles. The third-order valence-corrected chi connectivity index (χ3v) is 0. The van der Waals surface area contributed by atoms with E-state index in [1.54, 1.807) is 0 Å². The molecule has 0 bridgehead atoms. The molecule has 0 aliphatic heterocycles. The second kappa shape index (κ2) is 10.4. The fraction of sp³-hybridized carbons (Fsp3) is 0.500. The first-order valence-electron chi connectivity index (χ1n) is 1.82. The van der Waals surface area contributed by atoms with Gasteiger partial charge in [-0.2, -0.15) is 0 Å². The van der Waals surface area contributed by atoms with E-state index in [1.807, 2.05) is 13.8 Å². The Morgan fingerprint density at radius 2 is 1.43 bits per heavy atom. The Balaban J connectivity index is 0. The molecule has 0 unspecified atom stereocenters. The van der Waals surface area contributed by atoms with Crippen LogP contribution in [-0.2, 0) is 0 Å². The summed E-state index contributed by atoms with van der Waals surface area (Å²) in [5.74, 6) is 0. The molecule has 0 spiro atoms. The van der Waals surface area contributed by atoms with Gasteiger partial charge in [-0.25, -0.2) is 0 Å². The molecule has 0 aliphatic rings. The molecule has 0 atom stereocenters. The summed E-state index contributed by atoms with van der Waals surface area (Å²) in [6.45, 7) is 8.75. The van der Waals surface area contributed by atoms with Crippen LogP contribution in [-0.4, -0.2) is 16.0 Å². The van der Waals surface area contributed by atoms with Crippen LogP contribution in [0.15, 0.2) is 5.57 Å². The van der Waals surface area contributed by atoms with Crippen molar-refractivity contribution in [3.63, 3.8) is 0 Å². The molecule has 0 nitrogen and oxygen atoms in total. The van der Waals surface area contributed by atoms with Crippen molar-refractivity contribution in [2.45, 2.75) is 13.8 Å². The fourth-order valence-corrected chi connectivity index (χ4v) is 0. The number of allylic oxidation sites excluding steroid dienone is 1. The lowest BCUT2D eigenvalue weighted by Gasteiger charge is -1.64. The highest BCUT2D eigenvalue weighted by Gasteiger charge is 1.62. The number of hydrogen-bond donors (Lipinski definition) is 0. The van der Waals surface area contributed by atoms with Crippen molar-refractivity contribution in [3.8, 4) is 0 Å². The van der Waals surface area contributed by atoms with Gasteiger partial charge in [0.25, 0.3) is 0 Å². The minimum Gasteiger partial charge on any atom is -0.280 e. The Kier molecular flexibility index (Phi) is 16.8. The lowest BCUT2D eigenvalue weighted by atomic mass is 10.4. The second-order valence-electron chi connectivity index (χ2n) is 1.18. The monoisotopic (exact) mass is 237 g/mol. The lowest BCUT2D eigenvalue weighted by molar-refractivity contribution is 1.41. The van der Waals surface area contributed by atoms with Gasteiger partial charge in [-0.05, 0) is 13.8 Å². The Hall–Kier alpha value is 1.47. The van der Waals surface area contributed by atoms with Gasteiger partial charge in [0.2, 0.25) is 0 Å². The molecule has 3 heteroatoms. The summed E-state index contributed by atoms with van der Waals surface area (Å²) >= 11 is 6.44. The van der Waals surface area contributed by atoms with Crippen molar-refractivity contribution in [2.75, 3.05) is 0 Å². The van der Waals surface area contributed by atoms with Crippen molar-refractivity contribution in [1.82, 2.24) is 0 Å². The van der Waals surface area contributed by atoms with Gasteiger partial charge in [0.05, 0.1) is 0 Å². The van der Waals surface area contributed by atoms with Crippen molar-refractivity contribution in [3.05, 3.63) is 12.2 Å². The molecule has 0 rings (SSSR count). The van der Waals surface area contributed by atoms with Gasteiger partial charge in [-0.1, -0.05) is 12.2 Å². The van der Waals surface area contributed by atoms with E-state index in [1.165, 1.54) is 0 Å². The van der Waals surface area contributed by atoms with E-state index in [2.05, 4.69) is 25.8 Å².